The molecule has 0 spiro atoms. The minimum Gasteiger partial charge on any atom is -0.481 e. The summed E-state index contributed by atoms with van der Waals surface area (Å²) in [4.78, 5) is 24.6. The fraction of sp³-hybridized carbons (Fsp3) is 0.522. The Morgan fingerprint density at radius 2 is 2.12 bits per heavy atom. The third kappa shape index (κ3) is 4.91. The van der Waals surface area contributed by atoms with E-state index in [-0.39, 0.29) is 18.2 Å². The number of benzene rings is 1. The van der Waals surface area contributed by atoms with Crippen molar-refractivity contribution in [2.45, 2.75) is 51.3 Å². The normalized spacial score (nSPS) is 23.2. The highest BCUT2D eigenvalue weighted by Crippen LogP contribution is 2.32. The van der Waals surface area contributed by atoms with E-state index in [9.17, 15) is 9.90 Å². The first-order valence-corrected chi connectivity index (χ1v) is 11.6. The quantitative estimate of drug-likeness (QED) is 0.624. The predicted octanol–water partition coefficient (Wildman–Crippen LogP) is 4.53. The van der Waals surface area contributed by atoms with Crippen LogP contribution in [0.4, 0.5) is 23.1 Å². The number of aliphatic carboxylic acids is 1. The van der Waals surface area contributed by atoms with E-state index in [0.717, 1.165) is 43.8 Å². The molecule has 2 aliphatic heterocycles. The highest BCUT2D eigenvalue weighted by Gasteiger charge is 2.31. The van der Waals surface area contributed by atoms with Crippen molar-refractivity contribution in [3.63, 3.8) is 0 Å². The fourth-order valence-corrected chi connectivity index (χ4v) is 4.76. The van der Waals surface area contributed by atoms with Gasteiger partial charge in [0.1, 0.15) is 11.3 Å². The molecule has 2 aliphatic rings. The summed E-state index contributed by atoms with van der Waals surface area (Å²) in [5.74, 6) is 0.173. The molecule has 2 N–H and O–H groups in total. The van der Waals surface area contributed by atoms with Gasteiger partial charge in [-0.2, -0.15) is 4.98 Å². The van der Waals surface area contributed by atoms with Crippen LogP contribution in [0.1, 0.15) is 39.0 Å². The SMILES string of the molecule is CCC1CC(C(=O)O)CCN1c1ccc(Nc2ncc(Cl)c(N(C)[C@H]3CCCO3)n2)cc1. The zero-order valence-corrected chi connectivity index (χ0v) is 19.3. The summed E-state index contributed by atoms with van der Waals surface area (Å²) in [6.45, 7) is 3.62. The molecular weight excluding hydrogens is 430 g/mol. The van der Waals surface area contributed by atoms with Crippen molar-refractivity contribution in [2.24, 2.45) is 5.92 Å². The molecule has 2 aromatic rings. The van der Waals surface area contributed by atoms with Crippen molar-refractivity contribution in [3.05, 3.63) is 35.5 Å². The van der Waals surface area contributed by atoms with Gasteiger partial charge in [-0.1, -0.05) is 18.5 Å². The number of carboxylic acid groups (broad SMARTS) is 1. The molecule has 1 aromatic heterocycles. The van der Waals surface area contributed by atoms with Crippen molar-refractivity contribution in [3.8, 4) is 0 Å². The van der Waals surface area contributed by atoms with Gasteiger partial charge < -0.3 is 25.0 Å². The number of halogens is 1. The van der Waals surface area contributed by atoms with Crippen molar-refractivity contribution in [2.75, 3.05) is 35.3 Å². The lowest BCUT2D eigenvalue weighted by Gasteiger charge is -2.39. The number of anilines is 4. The van der Waals surface area contributed by atoms with Crippen molar-refractivity contribution < 1.29 is 14.6 Å². The minimum atomic E-state index is -0.685. The van der Waals surface area contributed by atoms with Crippen LogP contribution in [0.15, 0.2) is 30.5 Å². The van der Waals surface area contributed by atoms with Crippen LogP contribution in [0.2, 0.25) is 5.02 Å². The maximum absolute atomic E-state index is 11.4. The lowest BCUT2D eigenvalue weighted by molar-refractivity contribution is -0.142. The van der Waals surface area contributed by atoms with Gasteiger partial charge >= 0.3 is 5.97 Å². The van der Waals surface area contributed by atoms with Crippen molar-refractivity contribution >= 4 is 40.7 Å². The zero-order valence-electron chi connectivity index (χ0n) is 18.5. The second-order valence-corrected chi connectivity index (χ2v) is 8.84. The molecule has 0 amide bonds. The van der Waals surface area contributed by atoms with Gasteiger partial charge in [-0.3, -0.25) is 4.79 Å². The summed E-state index contributed by atoms with van der Waals surface area (Å²) in [6, 6.07) is 8.33. The van der Waals surface area contributed by atoms with Gasteiger partial charge in [-0.25, -0.2) is 4.98 Å². The number of aromatic nitrogens is 2. The van der Waals surface area contributed by atoms with Crippen molar-refractivity contribution in [1.29, 1.82) is 0 Å². The maximum atomic E-state index is 11.4. The van der Waals surface area contributed by atoms with Crippen LogP contribution in [0.5, 0.6) is 0 Å². The molecule has 0 saturated carbocycles. The summed E-state index contributed by atoms with van der Waals surface area (Å²) in [7, 11) is 1.93. The van der Waals surface area contributed by atoms with Crippen LogP contribution in [-0.2, 0) is 9.53 Å². The molecule has 3 atom stereocenters. The van der Waals surface area contributed by atoms with Crippen LogP contribution in [0, 0.1) is 5.92 Å². The van der Waals surface area contributed by atoms with E-state index >= 15 is 0 Å². The Kier molecular flexibility index (Phi) is 7.01. The Morgan fingerprint density at radius 3 is 2.78 bits per heavy atom. The van der Waals surface area contributed by atoms with E-state index in [1.165, 1.54) is 0 Å². The van der Waals surface area contributed by atoms with E-state index in [0.29, 0.717) is 29.6 Å². The maximum Gasteiger partial charge on any atom is 0.306 e. The predicted molar refractivity (Wildman–Crippen MR) is 126 cm³/mol. The lowest BCUT2D eigenvalue weighted by atomic mass is 9.89. The number of ether oxygens (including phenoxy) is 1. The smallest absolute Gasteiger partial charge is 0.306 e. The Morgan fingerprint density at radius 1 is 1.34 bits per heavy atom. The number of nitrogens with one attached hydrogen (secondary N) is 1. The van der Waals surface area contributed by atoms with E-state index < -0.39 is 5.97 Å². The Labute approximate surface area is 193 Å². The molecule has 2 fully saturated rings. The molecule has 0 radical (unpaired) electrons. The standard InChI is InChI=1S/C23H30ClN5O3/c1-3-17-13-15(22(30)31)10-11-29(17)18-8-6-16(7-9-18)26-23-25-14-19(24)21(27-23)28(2)20-5-4-12-32-20/h6-9,14-15,17,20H,3-5,10-13H2,1-2H3,(H,30,31)(H,25,26,27)/t15?,17?,20-/m1/s1. The van der Waals surface area contributed by atoms with Crippen LogP contribution < -0.4 is 15.1 Å². The number of rotatable bonds is 7. The molecule has 0 bridgehead atoms. The van der Waals surface area contributed by atoms with E-state index in [4.69, 9.17) is 16.3 Å². The number of carbonyl (C=O) groups is 1. The number of piperidine rings is 1. The van der Waals surface area contributed by atoms with Gasteiger partial charge in [0.05, 0.1) is 12.1 Å². The molecule has 3 heterocycles. The molecule has 2 saturated heterocycles. The fourth-order valence-electron chi connectivity index (χ4n) is 4.54. The average molecular weight is 460 g/mol. The first-order valence-electron chi connectivity index (χ1n) is 11.2. The summed E-state index contributed by atoms with van der Waals surface area (Å²) in [5, 5.41) is 13.1. The summed E-state index contributed by atoms with van der Waals surface area (Å²) in [5.41, 5.74) is 1.97. The molecular formula is C23H30ClN5O3. The Balaban J connectivity index is 1.45. The first-order chi connectivity index (χ1) is 15.5. The van der Waals surface area contributed by atoms with Gasteiger partial charge in [-0.15, -0.1) is 0 Å². The van der Waals surface area contributed by atoms with Gasteiger partial charge in [0, 0.05) is 37.6 Å². The van der Waals surface area contributed by atoms with E-state index in [1.807, 2.05) is 24.1 Å². The average Bonchev–Trinajstić information content (AvgIpc) is 3.35. The summed E-state index contributed by atoms with van der Waals surface area (Å²) in [6.07, 6.45) is 5.84. The molecule has 8 nitrogen and oxygen atoms in total. The highest BCUT2D eigenvalue weighted by molar-refractivity contribution is 6.32. The second-order valence-electron chi connectivity index (χ2n) is 8.43. The highest BCUT2D eigenvalue weighted by atomic mass is 35.5. The van der Waals surface area contributed by atoms with Gasteiger partial charge in [-0.05, 0) is 56.4 Å². The van der Waals surface area contributed by atoms with Crippen LogP contribution >= 0.6 is 11.6 Å². The van der Waals surface area contributed by atoms with E-state index in [1.54, 1.807) is 6.20 Å². The Bertz CT molecular complexity index is 936. The largest absolute Gasteiger partial charge is 0.481 e. The molecule has 9 heteroatoms. The molecule has 172 valence electrons. The van der Waals surface area contributed by atoms with Gasteiger partial charge in [0.15, 0.2) is 5.82 Å². The molecule has 1 aromatic carbocycles. The van der Waals surface area contributed by atoms with Crippen LogP contribution in [-0.4, -0.2) is 53.5 Å². The lowest BCUT2D eigenvalue weighted by Crippen LogP contribution is -2.44. The number of hydrogen-bond donors (Lipinski definition) is 2. The first kappa shape index (κ1) is 22.6. The number of hydrogen-bond acceptors (Lipinski definition) is 7. The van der Waals surface area contributed by atoms with Crippen LogP contribution in [0.3, 0.4) is 0 Å². The molecule has 0 aliphatic carbocycles. The third-order valence-corrected chi connectivity index (χ3v) is 6.66. The third-order valence-electron chi connectivity index (χ3n) is 6.39. The van der Waals surface area contributed by atoms with Gasteiger partial charge in [0.25, 0.3) is 0 Å². The number of carboxylic acids is 1. The molecule has 2 unspecified atom stereocenters. The molecule has 4 rings (SSSR count). The number of nitrogens with zero attached hydrogens (tertiary/aromatic N) is 4. The summed E-state index contributed by atoms with van der Waals surface area (Å²) >= 11 is 6.34. The monoisotopic (exact) mass is 459 g/mol. The Hall–Kier alpha value is -2.58. The molecule has 32 heavy (non-hydrogen) atoms. The minimum absolute atomic E-state index is 0.0219. The van der Waals surface area contributed by atoms with Crippen LogP contribution in [0.25, 0.3) is 0 Å². The zero-order chi connectivity index (χ0) is 22.7. The van der Waals surface area contributed by atoms with E-state index in [2.05, 4.69) is 39.2 Å². The van der Waals surface area contributed by atoms with Crippen molar-refractivity contribution in [1.82, 2.24) is 9.97 Å². The topological polar surface area (TPSA) is 90.8 Å². The second kappa shape index (κ2) is 9.92. The summed E-state index contributed by atoms with van der Waals surface area (Å²) < 4.78 is 5.74. The van der Waals surface area contributed by atoms with Gasteiger partial charge in [0.2, 0.25) is 5.95 Å².